The first-order valence-electron chi connectivity index (χ1n) is 7.86. The summed E-state index contributed by atoms with van der Waals surface area (Å²) in [7, 11) is 0. The van der Waals surface area contributed by atoms with E-state index in [4.69, 9.17) is 0 Å². The van der Waals surface area contributed by atoms with Gasteiger partial charge in [-0.2, -0.15) is 5.10 Å². The van der Waals surface area contributed by atoms with Crippen LogP contribution in [0.15, 0.2) is 18.7 Å². The smallest absolute Gasteiger partial charge is 0.243 e. The van der Waals surface area contributed by atoms with E-state index in [1.54, 1.807) is 0 Å². The first-order chi connectivity index (χ1) is 10.6. The van der Waals surface area contributed by atoms with Crippen molar-refractivity contribution < 1.29 is 9.59 Å². The molecular weight excluding hydrogens is 280 g/mol. The van der Waals surface area contributed by atoms with E-state index in [9.17, 15) is 9.59 Å². The highest BCUT2D eigenvalue weighted by atomic mass is 16.2. The fourth-order valence-electron chi connectivity index (χ4n) is 2.82. The number of aryl methyl sites for hydroxylation is 1. The Balaban J connectivity index is 1.86. The van der Waals surface area contributed by atoms with E-state index in [0.717, 1.165) is 18.5 Å². The zero-order valence-electron chi connectivity index (χ0n) is 13.1. The van der Waals surface area contributed by atoms with E-state index < -0.39 is 0 Å². The van der Waals surface area contributed by atoms with E-state index in [1.165, 1.54) is 25.3 Å². The summed E-state index contributed by atoms with van der Waals surface area (Å²) < 4.78 is 2.04. The number of hydrogen-bond acceptors (Lipinski definition) is 3. The number of nitrogens with one attached hydrogen (secondary N) is 2. The third-order valence-corrected chi connectivity index (χ3v) is 3.95. The van der Waals surface area contributed by atoms with Crippen molar-refractivity contribution in [2.24, 2.45) is 0 Å². The van der Waals surface area contributed by atoms with E-state index >= 15 is 0 Å². The second-order valence-corrected chi connectivity index (χ2v) is 5.70. The Kier molecular flexibility index (Phi) is 5.75. The minimum Gasteiger partial charge on any atom is -0.352 e. The number of carbonyl (C=O) groups is 2. The Hall–Kier alpha value is -2.11. The van der Waals surface area contributed by atoms with Gasteiger partial charge in [0.25, 0.3) is 0 Å². The molecule has 2 amide bonds. The molecule has 0 aromatic carbocycles. The van der Waals surface area contributed by atoms with Crippen LogP contribution in [-0.4, -0.2) is 28.1 Å². The molecule has 0 saturated heterocycles. The minimum absolute atomic E-state index is 0.155. The van der Waals surface area contributed by atoms with Crippen molar-refractivity contribution in [2.75, 3.05) is 11.9 Å². The summed E-state index contributed by atoms with van der Waals surface area (Å²) in [6, 6.07) is 2.35. The van der Waals surface area contributed by atoms with Crippen LogP contribution in [-0.2, 0) is 9.59 Å². The maximum absolute atomic E-state index is 11.8. The molecule has 1 saturated carbocycles. The zero-order valence-corrected chi connectivity index (χ0v) is 13.1. The monoisotopic (exact) mass is 304 g/mol. The first kappa shape index (κ1) is 16.3. The number of anilines is 1. The van der Waals surface area contributed by atoms with Gasteiger partial charge in [0.2, 0.25) is 11.8 Å². The van der Waals surface area contributed by atoms with Crippen LogP contribution in [0.3, 0.4) is 0 Å². The number of rotatable bonds is 6. The van der Waals surface area contributed by atoms with Gasteiger partial charge in [0.1, 0.15) is 0 Å². The topological polar surface area (TPSA) is 76.0 Å². The van der Waals surface area contributed by atoms with Crippen LogP contribution >= 0.6 is 0 Å². The normalized spacial score (nSPS) is 15.3. The van der Waals surface area contributed by atoms with Crippen molar-refractivity contribution in [3.05, 3.63) is 24.4 Å². The Morgan fingerprint density at radius 3 is 2.82 bits per heavy atom. The summed E-state index contributed by atoms with van der Waals surface area (Å²) in [5, 5.41) is 9.87. The van der Waals surface area contributed by atoms with E-state index in [-0.39, 0.29) is 18.2 Å². The molecule has 0 unspecified atom stereocenters. The molecule has 0 radical (unpaired) electrons. The van der Waals surface area contributed by atoms with Gasteiger partial charge in [0.15, 0.2) is 5.82 Å². The molecule has 0 atom stereocenters. The van der Waals surface area contributed by atoms with Crippen molar-refractivity contribution in [3.8, 4) is 0 Å². The van der Waals surface area contributed by atoms with Crippen LogP contribution in [0.2, 0.25) is 0 Å². The fourth-order valence-corrected chi connectivity index (χ4v) is 2.82. The van der Waals surface area contributed by atoms with Crippen LogP contribution in [0, 0.1) is 6.92 Å². The van der Waals surface area contributed by atoms with Crippen LogP contribution < -0.4 is 10.6 Å². The van der Waals surface area contributed by atoms with Crippen molar-refractivity contribution in [1.82, 2.24) is 15.1 Å². The van der Waals surface area contributed by atoms with Crippen LogP contribution in [0.1, 0.15) is 50.3 Å². The number of hydrogen-bond donors (Lipinski definition) is 2. The lowest BCUT2D eigenvalue weighted by Crippen LogP contribution is -2.26. The van der Waals surface area contributed by atoms with Gasteiger partial charge in [-0.25, -0.2) is 0 Å². The second-order valence-electron chi connectivity index (χ2n) is 5.70. The maximum Gasteiger partial charge on any atom is 0.243 e. The summed E-state index contributed by atoms with van der Waals surface area (Å²) >= 11 is 0. The van der Waals surface area contributed by atoms with E-state index in [2.05, 4.69) is 22.3 Å². The van der Waals surface area contributed by atoms with Crippen LogP contribution in [0.25, 0.3) is 0 Å². The summed E-state index contributed by atoms with van der Waals surface area (Å²) in [5.41, 5.74) is 1.07. The molecule has 1 aliphatic rings. The summed E-state index contributed by atoms with van der Waals surface area (Å²) in [6.45, 7) is 5.66. The van der Waals surface area contributed by atoms with Gasteiger partial charge < -0.3 is 10.6 Å². The number of carbonyl (C=O) groups excluding carboxylic acids is 2. The molecule has 2 rings (SSSR count). The third-order valence-electron chi connectivity index (χ3n) is 3.95. The van der Waals surface area contributed by atoms with Gasteiger partial charge in [0.05, 0.1) is 6.04 Å². The zero-order chi connectivity index (χ0) is 15.9. The highest BCUT2D eigenvalue weighted by Crippen LogP contribution is 2.29. The van der Waals surface area contributed by atoms with Gasteiger partial charge in [-0.05, 0) is 25.8 Å². The van der Waals surface area contributed by atoms with Crippen molar-refractivity contribution in [2.45, 2.75) is 51.5 Å². The average molecular weight is 304 g/mol. The molecule has 22 heavy (non-hydrogen) atoms. The average Bonchev–Trinajstić information content (AvgIpc) is 2.88. The molecule has 6 heteroatoms. The number of amides is 2. The largest absolute Gasteiger partial charge is 0.352 e. The SMILES string of the molecule is C=CC(=O)NCCC(=O)Nc1cc(C)n(C2CCCCC2)n1. The van der Waals surface area contributed by atoms with E-state index in [0.29, 0.717) is 18.4 Å². The third kappa shape index (κ3) is 4.44. The lowest BCUT2D eigenvalue weighted by atomic mass is 9.95. The Morgan fingerprint density at radius 1 is 1.41 bits per heavy atom. The molecule has 1 aromatic heterocycles. The highest BCUT2D eigenvalue weighted by molar-refractivity contribution is 5.91. The lowest BCUT2D eigenvalue weighted by Gasteiger charge is -2.23. The minimum atomic E-state index is -0.273. The summed E-state index contributed by atoms with van der Waals surface area (Å²) in [4.78, 5) is 22.8. The van der Waals surface area contributed by atoms with Gasteiger partial charge in [-0.1, -0.05) is 25.8 Å². The van der Waals surface area contributed by atoms with Crippen molar-refractivity contribution in [1.29, 1.82) is 0 Å². The quantitative estimate of drug-likeness (QED) is 0.792. The fraction of sp³-hybridized carbons (Fsp3) is 0.562. The summed E-state index contributed by atoms with van der Waals surface area (Å²) in [6.07, 6.45) is 7.51. The molecule has 1 fully saturated rings. The molecule has 120 valence electrons. The van der Waals surface area contributed by atoms with Gasteiger partial charge in [-0.3, -0.25) is 14.3 Å². The molecule has 0 aliphatic heterocycles. The molecule has 2 N–H and O–H groups in total. The number of aromatic nitrogens is 2. The molecule has 0 bridgehead atoms. The first-order valence-corrected chi connectivity index (χ1v) is 7.86. The second kappa shape index (κ2) is 7.77. The van der Waals surface area contributed by atoms with E-state index in [1.807, 2.05) is 17.7 Å². The molecule has 0 spiro atoms. The molecule has 1 aromatic rings. The lowest BCUT2D eigenvalue weighted by molar-refractivity contribution is -0.117. The number of nitrogens with zero attached hydrogens (tertiary/aromatic N) is 2. The Labute approximate surface area is 131 Å². The van der Waals surface area contributed by atoms with Gasteiger partial charge in [-0.15, -0.1) is 0 Å². The molecule has 1 heterocycles. The van der Waals surface area contributed by atoms with Crippen molar-refractivity contribution >= 4 is 17.6 Å². The predicted octanol–water partition coefficient (Wildman–Crippen LogP) is 2.33. The summed E-state index contributed by atoms with van der Waals surface area (Å²) in [5.74, 6) is 0.158. The predicted molar refractivity (Wildman–Crippen MR) is 85.5 cm³/mol. The van der Waals surface area contributed by atoms with Gasteiger partial charge >= 0.3 is 0 Å². The highest BCUT2D eigenvalue weighted by Gasteiger charge is 2.18. The molecule has 6 nitrogen and oxygen atoms in total. The van der Waals surface area contributed by atoms with Crippen LogP contribution in [0.5, 0.6) is 0 Å². The standard InChI is InChI=1S/C16H24N4O2/c1-3-15(21)17-10-9-16(22)18-14-11-12(2)20(19-14)13-7-5-4-6-8-13/h3,11,13H,1,4-10H2,2H3,(H,17,21)(H,18,19,22). The maximum atomic E-state index is 11.8. The van der Waals surface area contributed by atoms with Crippen molar-refractivity contribution in [3.63, 3.8) is 0 Å². The van der Waals surface area contributed by atoms with Crippen LogP contribution in [0.4, 0.5) is 5.82 Å². The Bertz CT molecular complexity index is 544. The molecular formula is C16H24N4O2. The van der Waals surface area contributed by atoms with Gasteiger partial charge in [0, 0.05) is 24.7 Å². The molecule has 1 aliphatic carbocycles. The Morgan fingerprint density at radius 2 is 2.14 bits per heavy atom.